The first-order chi connectivity index (χ1) is 5.15. The van der Waals surface area contributed by atoms with Gasteiger partial charge in [-0.2, -0.15) is 0 Å². The number of aromatic nitrogens is 1. The molecule has 0 unspecified atom stereocenters. The van der Waals surface area contributed by atoms with Crippen molar-refractivity contribution in [2.75, 3.05) is 12.8 Å². The summed E-state index contributed by atoms with van der Waals surface area (Å²) in [5.41, 5.74) is 8.02. The Morgan fingerprint density at radius 1 is 1.36 bits per heavy atom. The minimum absolute atomic E-state index is 0.674. The van der Waals surface area contributed by atoms with Crippen LogP contribution >= 0.6 is 0 Å². The zero-order valence-corrected chi connectivity index (χ0v) is 7.01. The topological polar surface area (TPSA) is 48.1 Å². The third-order valence-electron chi connectivity index (χ3n) is 1.62. The first kappa shape index (κ1) is 7.85. The van der Waals surface area contributed by atoms with Crippen LogP contribution in [0.4, 0.5) is 5.69 Å². The fraction of sp³-hybridized carbons (Fsp3) is 0.375. The number of ether oxygens (including phenoxy) is 1. The molecule has 3 nitrogen and oxygen atoms in total. The summed E-state index contributed by atoms with van der Waals surface area (Å²) < 4.78 is 5.04. The average molecular weight is 152 g/mol. The van der Waals surface area contributed by atoms with Crippen molar-refractivity contribution in [1.82, 2.24) is 4.98 Å². The fourth-order valence-electron chi connectivity index (χ4n) is 0.928. The maximum atomic E-state index is 5.62. The van der Waals surface area contributed by atoms with Crippen LogP contribution in [-0.4, -0.2) is 12.1 Å². The van der Waals surface area contributed by atoms with Gasteiger partial charge >= 0.3 is 0 Å². The molecule has 0 radical (unpaired) electrons. The van der Waals surface area contributed by atoms with Crippen molar-refractivity contribution >= 4 is 5.69 Å². The highest BCUT2D eigenvalue weighted by atomic mass is 16.5. The minimum atomic E-state index is 0.674. The predicted octanol–water partition coefficient (Wildman–Crippen LogP) is 1.29. The highest BCUT2D eigenvalue weighted by molar-refractivity contribution is 5.48. The van der Waals surface area contributed by atoms with Crippen LogP contribution in [0.5, 0.6) is 5.75 Å². The van der Waals surface area contributed by atoms with Gasteiger partial charge in [-0.25, -0.2) is 0 Å². The molecule has 11 heavy (non-hydrogen) atoms. The molecule has 3 heteroatoms. The molecule has 1 aromatic heterocycles. The van der Waals surface area contributed by atoms with Crippen molar-refractivity contribution in [3.63, 3.8) is 0 Å². The van der Waals surface area contributed by atoms with E-state index in [2.05, 4.69) is 4.98 Å². The van der Waals surface area contributed by atoms with Crippen molar-refractivity contribution in [2.24, 2.45) is 0 Å². The van der Waals surface area contributed by atoms with Gasteiger partial charge in [-0.15, -0.1) is 0 Å². The lowest BCUT2D eigenvalue weighted by molar-refractivity contribution is 0.409. The van der Waals surface area contributed by atoms with Gasteiger partial charge in [-0.3, -0.25) is 4.98 Å². The predicted molar refractivity (Wildman–Crippen MR) is 44.7 cm³/mol. The first-order valence-electron chi connectivity index (χ1n) is 3.43. The molecule has 0 amide bonds. The highest BCUT2D eigenvalue weighted by Gasteiger charge is 2.02. The minimum Gasteiger partial charge on any atom is -0.495 e. The smallest absolute Gasteiger partial charge is 0.142 e. The summed E-state index contributed by atoms with van der Waals surface area (Å²) in [5, 5.41) is 0. The zero-order valence-electron chi connectivity index (χ0n) is 7.01. The summed E-state index contributed by atoms with van der Waals surface area (Å²) in [5.74, 6) is 0.744. The van der Waals surface area contributed by atoms with Crippen molar-refractivity contribution in [1.29, 1.82) is 0 Å². The maximum absolute atomic E-state index is 5.62. The maximum Gasteiger partial charge on any atom is 0.142 e. The Morgan fingerprint density at radius 2 is 2.00 bits per heavy atom. The van der Waals surface area contributed by atoms with Crippen molar-refractivity contribution in [3.8, 4) is 5.75 Å². The van der Waals surface area contributed by atoms with E-state index >= 15 is 0 Å². The van der Waals surface area contributed by atoms with Crippen LogP contribution < -0.4 is 10.5 Å². The number of aryl methyl sites for hydroxylation is 2. The first-order valence-corrected chi connectivity index (χ1v) is 3.43. The second kappa shape index (κ2) is 2.78. The molecule has 2 N–H and O–H groups in total. The molecule has 0 saturated carbocycles. The lowest BCUT2D eigenvalue weighted by Crippen LogP contribution is -1.97. The molecule has 0 aliphatic carbocycles. The molecule has 0 aromatic carbocycles. The van der Waals surface area contributed by atoms with Crippen molar-refractivity contribution in [3.05, 3.63) is 17.5 Å². The number of nitrogens with zero attached hydrogens (tertiary/aromatic N) is 1. The number of anilines is 1. The number of hydrogen-bond donors (Lipinski definition) is 1. The van der Waals surface area contributed by atoms with Gasteiger partial charge in [0.2, 0.25) is 0 Å². The Kier molecular flexibility index (Phi) is 1.98. The number of nitrogen functional groups attached to an aromatic ring is 1. The Bertz CT molecular complexity index is 271. The average Bonchev–Trinajstić information content (AvgIpc) is 1.97. The van der Waals surface area contributed by atoms with E-state index in [1.165, 1.54) is 0 Å². The molecule has 0 fully saturated rings. The molecule has 0 bridgehead atoms. The summed E-state index contributed by atoms with van der Waals surface area (Å²) in [6.45, 7) is 3.77. The van der Waals surface area contributed by atoms with Gasteiger partial charge < -0.3 is 10.5 Å². The Hall–Kier alpha value is -1.25. The third kappa shape index (κ3) is 1.42. The number of nitrogens with two attached hydrogens (primary N) is 1. The molecule has 0 aliphatic rings. The SMILES string of the molecule is COc1cc(N)c(C)nc1C. The number of rotatable bonds is 1. The van der Waals surface area contributed by atoms with E-state index in [9.17, 15) is 0 Å². The second-order valence-corrected chi connectivity index (χ2v) is 2.45. The van der Waals surface area contributed by atoms with E-state index in [1.807, 2.05) is 13.8 Å². The van der Waals surface area contributed by atoms with Crippen molar-refractivity contribution in [2.45, 2.75) is 13.8 Å². The van der Waals surface area contributed by atoms with E-state index < -0.39 is 0 Å². The molecule has 0 atom stereocenters. The second-order valence-electron chi connectivity index (χ2n) is 2.45. The molecule has 1 aromatic rings. The fourth-order valence-corrected chi connectivity index (χ4v) is 0.928. The monoisotopic (exact) mass is 152 g/mol. The summed E-state index contributed by atoms with van der Waals surface area (Å²) in [4.78, 5) is 4.19. The zero-order chi connectivity index (χ0) is 8.43. The Balaban J connectivity index is 3.21. The van der Waals surface area contributed by atoms with Crippen LogP contribution in [0, 0.1) is 13.8 Å². The van der Waals surface area contributed by atoms with Crippen molar-refractivity contribution < 1.29 is 4.74 Å². The number of pyridine rings is 1. The Labute approximate surface area is 66.2 Å². The van der Waals surface area contributed by atoms with E-state index in [4.69, 9.17) is 10.5 Å². The van der Waals surface area contributed by atoms with Gasteiger partial charge in [-0.1, -0.05) is 0 Å². The normalized spacial score (nSPS) is 9.73. The molecular formula is C8H12N2O. The highest BCUT2D eigenvalue weighted by Crippen LogP contribution is 2.20. The Morgan fingerprint density at radius 3 is 2.55 bits per heavy atom. The van der Waals surface area contributed by atoms with E-state index in [0.717, 1.165) is 17.1 Å². The van der Waals surface area contributed by atoms with Gasteiger partial charge in [0.05, 0.1) is 24.2 Å². The molecule has 0 saturated heterocycles. The van der Waals surface area contributed by atoms with Gasteiger partial charge in [0, 0.05) is 6.07 Å². The molecule has 1 heterocycles. The molecule has 1 rings (SSSR count). The van der Waals surface area contributed by atoms with Gasteiger partial charge in [0.15, 0.2) is 0 Å². The lowest BCUT2D eigenvalue weighted by Gasteiger charge is -2.06. The van der Waals surface area contributed by atoms with E-state index in [1.54, 1.807) is 13.2 Å². The molecule has 60 valence electrons. The summed E-state index contributed by atoms with van der Waals surface area (Å²) in [7, 11) is 1.61. The summed E-state index contributed by atoms with van der Waals surface area (Å²) in [6.07, 6.45) is 0. The van der Waals surface area contributed by atoms with Crippen LogP contribution in [0.3, 0.4) is 0 Å². The quantitative estimate of drug-likeness (QED) is 0.659. The lowest BCUT2D eigenvalue weighted by atomic mass is 10.2. The van der Waals surface area contributed by atoms with E-state index in [-0.39, 0.29) is 0 Å². The summed E-state index contributed by atoms with van der Waals surface area (Å²) >= 11 is 0. The van der Waals surface area contributed by atoms with E-state index in [0.29, 0.717) is 5.69 Å². The van der Waals surface area contributed by atoms with Crippen LogP contribution in [0.2, 0.25) is 0 Å². The largest absolute Gasteiger partial charge is 0.495 e. The van der Waals surface area contributed by atoms with Crippen LogP contribution in [0.1, 0.15) is 11.4 Å². The van der Waals surface area contributed by atoms with Crippen LogP contribution in [0.15, 0.2) is 6.07 Å². The standard InChI is InChI=1S/C8H12N2O/c1-5-7(9)4-8(11-3)6(2)10-5/h4H,9H2,1-3H3. The number of hydrogen-bond acceptors (Lipinski definition) is 3. The molecular weight excluding hydrogens is 140 g/mol. The third-order valence-corrected chi connectivity index (χ3v) is 1.62. The van der Waals surface area contributed by atoms with Gasteiger partial charge in [0.25, 0.3) is 0 Å². The number of methoxy groups -OCH3 is 1. The van der Waals surface area contributed by atoms with Crippen LogP contribution in [0.25, 0.3) is 0 Å². The van der Waals surface area contributed by atoms with Crippen LogP contribution in [-0.2, 0) is 0 Å². The van der Waals surface area contributed by atoms with Gasteiger partial charge in [-0.05, 0) is 13.8 Å². The molecule has 0 spiro atoms. The van der Waals surface area contributed by atoms with Gasteiger partial charge in [0.1, 0.15) is 5.75 Å². The summed E-state index contributed by atoms with van der Waals surface area (Å²) in [6, 6.07) is 1.79. The molecule has 0 aliphatic heterocycles.